The summed E-state index contributed by atoms with van der Waals surface area (Å²) in [6.45, 7) is 10.9. The highest BCUT2D eigenvalue weighted by atomic mass is 16.5. The molecular weight excluding hydrogens is 240 g/mol. The maximum atomic E-state index is 5.09. The molecule has 0 amide bonds. The van der Waals surface area contributed by atoms with E-state index in [-0.39, 0.29) is 0 Å². The quantitative estimate of drug-likeness (QED) is 0.687. The standard InChI is InChI=1S/C14H24N4O/c1-5-6-18(7-8-19-4)14-11-16-13(10-17-14)9-15-12(2)3/h5,10-12,15H,1,6-9H2,2-4H3. The molecule has 0 saturated carbocycles. The summed E-state index contributed by atoms with van der Waals surface area (Å²) >= 11 is 0. The first kappa shape index (κ1) is 15.6. The van der Waals surface area contributed by atoms with Gasteiger partial charge in [0.05, 0.1) is 24.7 Å². The van der Waals surface area contributed by atoms with E-state index in [1.807, 2.05) is 12.3 Å². The predicted molar refractivity (Wildman–Crippen MR) is 78.3 cm³/mol. The van der Waals surface area contributed by atoms with Crippen LogP contribution in [0.2, 0.25) is 0 Å². The first-order valence-corrected chi connectivity index (χ1v) is 6.56. The van der Waals surface area contributed by atoms with Crippen molar-refractivity contribution in [1.29, 1.82) is 0 Å². The molecule has 5 nitrogen and oxygen atoms in total. The Bertz CT molecular complexity index is 364. The highest BCUT2D eigenvalue weighted by molar-refractivity contribution is 5.36. The fourth-order valence-electron chi connectivity index (χ4n) is 1.57. The molecule has 19 heavy (non-hydrogen) atoms. The summed E-state index contributed by atoms with van der Waals surface area (Å²) in [7, 11) is 1.69. The largest absolute Gasteiger partial charge is 0.383 e. The SMILES string of the molecule is C=CCN(CCOC)c1cnc(CNC(C)C)cn1. The van der Waals surface area contributed by atoms with Gasteiger partial charge in [-0.05, 0) is 0 Å². The van der Waals surface area contributed by atoms with Gasteiger partial charge in [-0.2, -0.15) is 0 Å². The lowest BCUT2D eigenvalue weighted by atomic mass is 10.3. The van der Waals surface area contributed by atoms with E-state index in [0.29, 0.717) is 12.6 Å². The minimum atomic E-state index is 0.445. The summed E-state index contributed by atoms with van der Waals surface area (Å²) in [5.74, 6) is 0.852. The number of hydrogen-bond acceptors (Lipinski definition) is 5. The Balaban J connectivity index is 2.63. The summed E-state index contributed by atoms with van der Waals surface area (Å²) < 4.78 is 5.09. The van der Waals surface area contributed by atoms with Gasteiger partial charge in [0, 0.05) is 32.8 Å². The van der Waals surface area contributed by atoms with E-state index in [1.165, 1.54) is 0 Å². The van der Waals surface area contributed by atoms with Crippen LogP contribution in [0.5, 0.6) is 0 Å². The van der Waals surface area contributed by atoms with Gasteiger partial charge in [0.2, 0.25) is 0 Å². The van der Waals surface area contributed by atoms with Crippen LogP contribution in [0.25, 0.3) is 0 Å². The van der Waals surface area contributed by atoms with Crippen molar-refractivity contribution < 1.29 is 4.74 Å². The van der Waals surface area contributed by atoms with Crippen LogP contribution in [0.3, 0.4) is 0 Å². The maximum absolute atomic E-state index is 5.09. The lowest BCUT2D eigenvalue weighted by molar-refractivity contribution is 0.205. The summed E-state index contributed by atoms with van der Waals surface area (Å²) in [5.41, 5.74) is 0.947. The fraction of sp³-hybridized carbons (Fsp3) is 0.571. The topological polar surface area (TPSA) is 50.3 Å². The normalized spacial score (nSPS) is 10.7. The highest BCUT2D eigenvalue weighted by Gasteiger charge is 2.07. The molecule has 0 aliphatic carbocycles. The number of nitrogens with one attached hydrogen (secondary N) is 1. The van der Waals surface area contributed by atoms with Gasteiger partial charge in [0.1, 0.15) is 5.82 Å². The molecule has 0 unspecified atom stereocenters. The zero-order valence-electron chi connectivity index (χ0n) is 12.1. The third-order valence-corrected chi connectivity index (χ3v) is 2.62. The average molecular weight is 264 g/mol. The van der Waals surface area contributed by atoms with Gasteiger partial charge in [0.25, 0.3) is 0 Å². The van der Waals surface area contributed by atoms with E-state index >= 15 is 0 Å². The Morgan fingerprint density at radius 2 is 2.21 bits per heavy atom. The molecular formula is C14H24N4O. The van der Waals surface area contributed by atoms with Crippen LogP contribution in [0.4, 0.5) is 5.82 Å². The van der Waals surface area contributed by atoms with Crippen LogP contribution >= 0.6 is 0 Å². The van der Waals surface area contributed by atoms with E-state index in [9.17, 15) is 0 Å². The predicted octanol–water partition coefficient (Wildman–Crippen LogP) is 1.61. The third-order valence-electron chi connectivity index (χ3n) is 2.62. The summed E-state index contributed by atoms with van der Waals surface area (Å²) in [6.07, 6.45) is 5.47. The third kappa shape index (κ3) is 5.81. The minimum Gasteiger partial charge on any atom is -0.383 e. The van der Waals surface area contributed by atoms with Crippen molar-refractivity contribution in [3.05, 3.63) is 30.7 Å². The molecule has 0 fully saturated rings. The average Bonchev–Trinajstić information content (AvgIpc) is 2.42. The zero-order chi connectivity index (χ0) is 14.1. The van der Waals surface area contributed by atoms with E-state index in [1.54, 1.807) is 13.3 Å². The Labute approximate surface area is 115 Å². The molecule has 0 aliphatic heterocycles. The van der Waals surface area contributed by atoms with Crippen LogP contribution in [0.15, 0.2) is 25.0 Å². The van der Waals surface area contributed by atoms with Gasteiger partial charge in [-0.15, -0.1) is 6.58 Å². The van der Waals surface area contributed by atoms with Gasteiger partial charge in [0.15, 0.2) is 0 Å². The molecule has 0 atom stereocenters. The number of ether oxygens (including phenoxy) is 1. The van der Waals surface area contributed by atoms with Gasteiger partial charge < -0.3 is 15.0 Å². The molecule has 0 bridgehead atoms. The lowest BCUT2D eigenvalue weighted by Crippen LogP contribution is -2.28. The number of aromatic nitrogens is 2. The van der Waals surface area contributed by atoms with E-state index < -0.39 is 0 Å². The number of rotatable bonds is 9. The molecule has 0 spiro atoms. The smallest absolute Gasteiger partial charge is 0.147 e. The molecule has 1 aromatic heterocycles. The van der Waals surface area contributed by atoms with E-state index in [4.69, 9.17) is 4.74 Å². The molecule has 106 valence electrons. The molecule has 1 N–H and O–H groups in total. The first-order valence-electron chi connectivity index (χ1n) is 6.56. The van der Waals surface area contributed by atoms with Crippen molar-refractivity contribution >= 4 is 5.82 Å². The monoisotopic (exact) mass is 264 g/mol. The van der Waals surface area contributed by atoms with Crippen molar-refractivity contribution in [3.8, 4) is 0 Å². The number of anilines is 1. The molecule has 0 aromatic carbocycles. The molecule has 0 radical (unpaired) electrons. The Morgan fingerprint density at radius 3 is 2.74 bits per heavy atom. The second-order valence-corrected chi connectivity index (χ2v) is 4.63. The number of hydrogen-bond donors (Lipinski definition) is 1. The van der Waals surface area contributed by atoms with E-state index in [0.717, 1.165) is 31.1 Å². The number of methoxy groups -OCH3 is 1. The second-order valence-electron chi connectivity index (χ2n) is 4.63. The van der Waals surface area contributed by atoms with Crippen molar-refractivity contribution in [2.24, 2.45) is 0 Å². The van der Waals surface area contributed by atoms with Gasteiger partial charge in [-0.3, -0.25) is 4.98 Å². The molecule has 0 aliphatic rings. The van der Waals surface area contributed by atoms with E-state index in [2.05, 4.69) is 40.6 Å². The summed E-state index contributed by atoms with van der Waals surface area (Å²) in [4.78, 5) is 11.0. The first-order chi connectivity index (χ1) is 9.17. The second kappa shape index (κ2) is 8.61. The Morgan fingerprint density at radius 1 is 1.42 bits per heavy atom. The van der Waals surface area contributed by atoms with Crippen molar-refractivity contribution in [2.75, 3.05) is 31.7 Å². The molecule has 1 heterocycles. The van der Waals surface area contributed by atoms with Crippen LogP contribution < -0.4 is 10.2 Å². The molecule has 0 saturated heterocycles. The van der Waals surface area contributed by atoms with Crippen LogP contribution in [0, 0.1) is 0 Å². The Kier molecular flexibility index (Phi) is 7.07. The Hall–Kier alpha value is -1.46. The molecule has 5 heteroatoms. The van der Waals surface area contributed by atoms with Crippen molar-refractivity contribution in [1.82, 2.24) is 15.3 Å². The molecule has 1 aromatic rings. The van der Waals surface area contributed by atoms with Crippen molar-refractivity contribution in [3.63, 3.8) is 0 Å². The molecule has 1 rings (SSSR count). The van der Waals surface area contributed by atoms with Gasteiger partial charge in [-0.25, -0.2) is 4.98 Å². The van der Waals surface area contributed by atoms with Gasteiger partial charge >= 0.3 is 0 Å². The zero-order valence-corrected chi connectivity index (χ0v) is 12.1. The van der Waals surface area contributed by atoms with Crippen LogP contribution in [-0.4, -0.2) is 42.8 Å². The highest BCUT2D eigenvalue weighted by Crippen LogP contribution is 2.08. The summed E-state index contributed by atoms with van der Waals surface area (Å²) in [6, 6.07) is 0.445. The van der Waals surface area contributed by atoms with Crippen LogP contribution in [0.1, 0.15) is 19.5 Å². The maximum Gasteiger partial charge on any atom is 0.147 e. The lowest BCUT2D eigenvalue weighted by Gasteiger charge is -2.21. The fourth-order valence-corrected chi connectivity index (χ4v) is 1.57. The number of nitrogens with zero attached hydrogens (tertiary/aromatic N) is 3. The van der Waals surface area contributed by atoms with Gasteiger partial charge in [-0.1, -0.05) is 19.9 Å². The van der Waals surface area contributed by atoms with Crippen molar-refractivity contribution in [2.45, 2.75) is 26.4 Å². The minimum absolute atomic E-state index is 0.445. The van der Waals surface area contributed by atoms with Crippen LogP contribution in [-0.2, 0) is 11.3 Å². The summed E-state index contributed by atoms with van der Waals surface area (Å²) in [5, 5.41) is 3.32.